The molecule has 0 aliphatic carbocycles. The molecule has 6 heteroatoms. The van der Waals surface area contributed by atoms with Crippen molar-refractivity contribution in [2.45, 2.75) is 19.1 Å². The van der Waals surface area contributed by atoms with Gasteiger partial charge in [0.25, 0.3) is 0 Å². The zero-order chi connectivity index (χ0) is 16.8. The zero-order valence-electron chi connectivity index (χ0n) is 13.9. The molecule has 1 N–H and O–H groups in total. The second-order valence-electron chi connectivity index (χ2n) is 5.97. The van der Waals surface area contributed by atoms with E-state index in [0.717, 1.165) is 37.4 Å². The molecule has 1 aliphatic rings. The fourth-order valence-corrected chi connectivity index (χ4v) is 2.69. The van der Waals surface area contributed by atoms with Gasteiger partial charge in [0.05, 0.1) is 12.3 Å². The molecule has 1 aliphatic heterocycles. The number of nitrogens with zero attached hydrogens (tertiary/aromatic N) is 3. The Balaban J connectivity index is 1.60. The van der Waals surface area contributed by atoms with Gasteiger partial charge in [-0.15, -0.1) is 0 Å². The Bertz CT molecular complexity index is 648. The van der Waals surface area contributed by atoms with Gasteiger partial charge < -0.3 is 19.5 Å². The minimum atomic E-state index is -0.0907. The van der Waals surface area contributed by atoms with Gasteiger partial charge in [0.2, 0.25) is 0 Å². The summed E-state index contributed by atoms with van der Waals surface area (Å²) in [4.78, 5) is 10.8. The Hall–Kier alpha value is -2.02. The van der Waals surface area contributed by atoms with Gasteiger partial charge in [-0.3, -0.25) is 0 Å². The minimum absolute atomic E-state index is 0.0907. The molecule has 0 spiro atoms. The number of aliphatic hydroxyl groups excluding tert-OH is 1. The topological polar surface area (TPSA) is 67.7 Å². The normalized spacial score (nSPS) is 19.0. The lowest BCUT2D eigenvalue weighted by atomic mass is 10.2. The van der Waals surface area contributed by atoms with Crippen LogP contribution in [0.4, 0.5) is 0 Å². The van der Waals surface area contributed by atoms with Crippen LogP contribution in [-0.2, 0) is 11.3 Å². The van der Waals surface area contributed by atoms with Gasteiger partial charge in [0, 0.05) is 31.5 Å². The van der Waals surface area contributed by atoms with E-state index in [1.54, 1.807) is 12.3 Å². The van der Waals surface area contributed by atoms with Crippen molar-refractivity contribution in [1.82, 2.24) is 14.9 Å². The van der Waals surface area contributed by atoms with Crippen LogP contribution in [0.1, 0.15) is 12.1 Å². The third-order valence-corrected chi connectivity index (χ3v) is 3.98. The quantitative estimate of drug-likeness (QED) is 0.901. The first-order valence-corrected chi connectivity index (χ1v) is 8.21. The predicted molar refractivity (Wildman–Crippen MR) is 90.7 cm³/mol. The van der Waals surface area contributed by atoms with Crippen molar-refractivity contribution in [3.8, 4) is 17.1 Å². The van der Waals surface area contributed by atoms with Gasteiger partial charge in [0.15, 0.2) is 5.82 Å². The van der Waals surface area contributed by atoms with E-state index in [2.05, 4.69) is 21.9 Å². The fraction of sp³-hybridized carbons (Fsp3) is 0.444. The Morgan fingerprint density at radius 3 is 2.92 bits per heavy atom. The summed E-state index contributed by atoms with van der Waals surface area (Å²) < 4.78 is 11.7. The summed E-state index contributed by atoms with van der Waals surface area (Å²) in [6.45, 7) is 3.19. The van der Waals surface area contributed by atoms with Crippen LogP contribution in [-0.4, -0.2) is 59.4 Å². The van der Waals surface area contributed by atoms with Crippen molar-refractivity contribution < 1.29 is 14.6 Å². The van der Waals surface area contributed by atoms with Gasteiger partial charge in [-0.25, -0.2) is 9.97 Å². The number of benzene rings is 1. The van der Waals surface area contributed by atoms with Crippen LogP contribution in [0.15, 0.2) is 36.5 Å². The molecule has 1 saturated heterocycles. The van der Waals surface area contributed by atoms with Crippen LogP contribution in [0.2, 0.25) is 0 Å². The molecule has 6 nitrogen and oxygen atoms in total. The molecular formula is C18H23N3O3. The molecule has 1 aromatic heterocycles. The summed E-state index contributed by atoms with van der Waals surface area (Å²) in [7, 11) is 2.11. The zero-order valence-corrected chi connectivity index (χ0v) is 13.9. The predicted octanol–water partition coefficient (Wildman–Crippen LogP) is 1.74. The maximum atomic E-state index is 9.16. The third kappa shape index (κ3) is 4.50. The number of aliphatic hydroxyl groups is 1. The maximum absolute atomic E-state index is 9.16. The lowest BCUT2D eigenvalue weighted by molar-refractivity contribution is 0.0234. The van der Waals surface area contributed by atoms with E-state index in [4.69, 9.17) is 14.6 Å². The van der Waals surface area contributed by atoms with Crippen LogP contribution in [0.3, 0.4) is 0 Å². The van der Waals surface area contributed by atoms with Crippen molar-refractivity contribution in [3.63, 3.8) is 0 Å². The molecule has 1 fully saturated rings. The van der Waals surface area contributed by atoms with Crippen LogP contribution in [0, 0.1) is 0 Å². The van der Waals surface area contributed by atoms with Crippen LogP contribution >= 0.6 is 0 Å². The molecule has 0 radical (unpaired) electrons. The number of aromatic nitrogens is 2. The largest absolute Gasteiger partial charge is 0.491 e. The number of hydrogen-bond acceptors (Lipinski definition) is 6. The lowest BCUT2D eigenvalue weighted by Crippen LogP contribution is -2.32. The summed E-state index contributed by atoms with van der Waals surface area (Å²) in [5.41, 5.74) is 1.50. The molecule has 0 bridgehead atoms. The van der Waals surface area contributed by atoms with E-state index < -0.39 is 0 Å². The lowest BCUT2D eigenvalue weighted by Gasteiger charge is -2.20. The van der Waals surface area contributed by atoms with Gasteiger partial charge in [0.1, 0.15) is 18.5 Å². The van der Waals surface area contributed by atoms with Crippen molar-refractivity contribution in [3.05, 3.63) is 42.2 Å². The van der Waals surface area contributed by atoms with Crippen molar-refractivity contribution in [2.75, 3.05) is 33.4 Å². The van der Waals surface area contributed by atoms with Gasteiger partial charge >= 0.3 is 0 Å². The molecule has 128 valence electrons. The van der Waals surface area contributed by atoms with Gasteiger partial charge in [-0.1, -0.05) is 0 Å². The average Bonchev–Trinajstić information content (AvgIpc) is 2.84. The van der Waals surface area contributed by atoms with Gasteiger partial charge in [-0.2, -0.15) is 0 Å². The molecule has 0 saturated carbocycles. The first kappa shape index (κ1) is 16.8. The highest BCUT2D eigenvalue weighted by molar-refractivity contribution is 5.56. The number of ether oxygens (including phenoxy) is 2. The molecule has 1 unspecified atom stereocenters. The first-order chi connectivity index (χ1) is 11.7. The molecular weight excluding hydrogens is 306 g/mol. The average molecular weight is 329 g/mol. The van der Waals surface area contributed by atoms with E-state index >= 15 is 0 Å². The summed E-state index contributed by atoms with van der Waals surface area (Å²) in [5, 5.41) is 9.16. The maximum Gasteiger partial charge on any atom is 0.159 e. The number of likely N-dealkylation sites (N-methyl/N-ethyl adjacent to an activating group) is 1. The highest BCUT2D eigenvalue weighted by atomic mass is 16.5. The molecule has 1 atom stereocenters. The molecule has 3 rings (SSSR count). The molecule has 2 aromatic rings. The fourth-order valence-electron chi connectivity index (χ4n) is 2.69. The summed E-state index contributed by atoms with van der Waals surface area (Å²) in [5.74, 6) is 1.40. The molecule has 24 heavy (non-hydrogen) atoms. The summed E-state index contributed by atoms with van der Waals surface area (Å²) in [6.07, 6.45) is 2.81. The molecule has 2 heterocycles. The first-order valence-electron chi connectivity index (χ1n) is 8.21. The SMILES string of the molecule is CN1CCCOC(COc2ccc(-c3nccc(CO)n3)cc2)C1. The Morgan fingerprint density at radius 2 is 2.12 bits per heavy atom. The summed E-state index contributed by atoms with van der Waals surface area (Å²) in [6, 6.07) is 9.36. The highest BCUT2D eigenvalue weighted by Gasteiger charge is 2.16. The second-order valence-corrected chi connectivity index (χ2v) is 5.97. The Labute approximate surface area is 142 Å². The highest BCUT2D eigenvalue weighted by Crippen LogP contribution is 2.20. The van der Waals surface area contributed by atoms with E-state index in [1.165, 1.54) is 0 Å². The smallest absolute Gasteiger partial charge is 0.159 e. The van der Waals surface area contributed by atoms with Gasteiger partial charge in [-0.05, 0) is 43.8 Å². The number of hydrogen-bond donors (Lipinski definition) is 1. The Morgan fingerprint density at radius 1 is 1.29 bits per heavy atom. The Kier molecular flexibility index (Phi) is 5.74. The number of rotatable bonds is 5. The molecule has 0 amide bonds. The molecule has 1 aromatic carbocycles. The monoisotopic (exact) mass is 329 g/mol. The van der Waals surface area contributed by atoms with Crippen molar-refractivity contribution in [1.29, 1.82) is 0 Å². The van der Waals surface area contributed by atoms with E-state index in [1.807, 2.05) is 24.3 Å². The second kappa shape index (κ2) is 8.19. The van der Waals surface area contributed by atoms with Crippen molar-refractivity contribution >= 4 is 0 Å². The minimum Gasteiger partial charge on any atom is -0.491 e. The van der Waals surface area contributed by atoms with E-state index in [-0.39, 0.29) is 12.7 Å². The van der Waals surface area contributed by atoms with Crippen LogP contribution < -0.4 is 4.74 Å². The summed E-state index contributed by atoms with van der Waals surface area (Å²) >= 11 is 0. The van der Waals surface area contributed by atoms with E-state index in [9.17, 15) is 0 Å². The van der Waals surface area contributed by atoms with Crippen LogP contribution in [0.5, 0.6) is 5.75 Å². The van der Waals surface area contributed by atoms with Crippen molar-refractivity contribution in [2.24, 2.45) is 0 Å². The standard InChI is InChI=1S/C18H23N3O3/c1-21-9-2-10-23-17(11-21)13-24-16-5-3-14(4-6-16)18-19-8-7-15(12-22)20-18/h3-8,17,22H,2,9-13H2,1H3. The third-order valence-electron chi connectivity index (χ3n) is 3.98. The van der Waals surface area contributed by atoms with Crippen LogP contribution in [0.25, 0.3) is 11.4 Å². The van der Waals surface area contributed by atoms with E-state index in [0.29, 0.717) is 18.1 Å².